The Labute approximate surface area is 97.8 Å². The molecule has 1 aromatic carbocycles. The van der Waals surface area contributed by atoms with E-state index in [1.165, 1.54) is 17.6 Å². The highest BCUT2D eigenvalue weighted by Gasteiger charge is 2.31. The fourth-order valence-electron chi connectivity index (χ4n) is 2.49. The molecule has 0 amide bonds. The molecule has 1 saturated carbocycles. The van der Waals surface area contributed by atoms with Gasteiger partial charge in [0.15, 0.2) is 0 Å². The van der Waals surface area contributed by atoms with Crippen LogP contribution >= 0.6 is 0 Å². The summed E-state index contributed by atoms with van der Waals surface area (Å²) in [4.78, 5) is 0. The molecule has 1 heteroatoms. The highest BCUT2D eigenvalue weighted by molar-refractivity contribution is 5.55. The SMILES string of the molecule is CCC1(O)CCCC/C1=C\c1ccccc1. The van der Waals surface area contributed by atoms with Gasteiger partial charge in [0.05, 0.1) is 5.60 Å². The summed E-state index contributed by atoms with van der Waals surface area (Å²) in [5.41, 5.74) is 1.87. The zero-order valence-electron chi connectivity index (χ0n) is 9.95. The molecule has 1 unspecified atom stereocenters. The van der Waals surface area contributed by atoms with E-state index in [2.05, 4.69) is 25.1 Å². The van der Waals surface area contributed by atoms with Crippen molar-refractivity contribution in [3.63, 3.8) is 0 Å². The Morgan fingerprint density at radius 2 is 2.00 bits per heavy atom. The van der Waals surface area contributed by atoms with Crippen LogP contribution in [0, 0.1) is 0 Å². The molecule has 1 aromatic rings. The Hall–Kier alpha value is -1.08. The van der Waals surface area contributed by atoms with Crippen molar-refractivity contribution in [1.82, 2.24) is 0 Å². The molecule has 1 N–H and O–H groups in total. The zero-order chi connectivity index (χ0) is 11.4. The number of hydrogen-bond donors (Lipinski definition) is 1. The molecule has 0 aliphatic heterocycles. The van der Waals surface area contributed by atoms with Gasteiger partial charge in [-0.05, 0) is 43.2 Å². The Bertz CT molecular complexity index is 366. The lowest BCUT2D eigenvalue weighted by Gasteiger charge is -2.34. The molecule has 0 aromatic heterocycles. The van der Waals surface area contributed by atoms with Gasteiger partial charge in [0, 0.05) is 0 Å². The third-order valence-corrected chi connectivity index (χ3v) is 3.61. The largest absolute Gasteiger partial charge is 0.386 e. The van der Waals surface area contributed by atoms with Crippen molar-refractivity contribution in [2.45, 2.75) is 44.6 Å². The van der Waals surface area contributed by atoms with Crippen molar-refractivity contribution in [3.8, 4) is 0 Å². The lowest BCUT2D eigenvalue weighted by Crippen LogP contribution is -2.32. The highest BCUT2D eigenvalue weighted by atomic mass is 16.3. The Balaban J connectivity index is 2.27. The van der Waals surface area contributed by atoms with Crippen molar-refractivity contribution in [1.29, 1.82) is 0 Å². The first-order chi connectivity index (χ1) is 7.74. The van der Waals surface area contributed by atoms with Crippen LogP contribution in [0.4, 0.5) is 0 Å². The van der Waals surface area contributed by atoms with Crippen LogP contribution in [-0.4, -0.2) is 10.7 Å². The normalized spacial score (nSPS) is 28.2. The second kappa shape index (κ2) is 4.84. The molecule has 2 rings (SSSR count). The quantitative estimate of drug-likeness (QED) is 0.797. The molecular formula is C15H20O. The number of hydrogen-bond acceptors (Lipinski definition) is 1. The third kappa shape index (κ3) is 2.35. The Kier molecular flexibility index (Phi) is 3.45. The van der Waals surface area contributed by atoms with Crippen LogP contribution in [0.15, 0.2) is 35.9 Å². The van der Waals surface area contributed by atoms with Gasteiger partial charge in [-0.15, -0.1) is 0 Å². The lowest BCUT2D eigenvalue weighted by molar-refractivity contribution is 0.0491. The summed E-state index contributed by atoms with van der Waals surface area (Å²) < 4.78 is 0. The molecule has 1 fully saturated rings. The van der Waals surface area contributed by atoms with Gasteiger partial charge < -0.3 is 5.11 Å². The van der Waals surface area contributed by atoms with Crippen LogP contribution in [-0.2, 0) is 0 Å². The van der Waals surface area contributed by atoms with Gasteiger partial charge in [-0.2, -0.15) is 0 Å². The van der Waals surface area contributed by atoms with Gasteiger partial charge in [-0.3, -0.25) is 0 Å². The van der Waals surface area contributed by atoms with Gasteiger partial charge in [-0.1, -0.05) is 43.3 Å². The smallest absolute Gasteiger partial charge is 0.0857 e. The first kappa shape index (κ1) is 11.4. The van der Waals surface area contributed by atoms with Gasteiger partial charge >= 0.3 is 0 Å². The number of rotatable bonds is 2. The highest BCUT2D eigenvalue weighted by Crippen LogP contribution is 2.36. The van der Waals surface area contributed by atoms with Crippen molar-refractivity contribution in [2.24, 2.45) is 0 Å². The van der Waals surface area contributed by atoms with E-state index in [1.807, 2.05) is 18.2 Å². The van der Waals surface area contributed by atoms with Gasteiger partial charge in [0.1, 0.15) is 0 Å². The maximum Gasteiger partial charge on any atom is 0.0857 e. The Morgan fingerprint density at radius 1 is 1.25 bits per heavy atom. The molecular weight excluding hydrogens is 196 g/mol. The third-order valence-electron chi connectivity index (χ3n) is 3.61. The summed E-state index contributed by atoms with van der Waals surface area (Å²) >= 11 is 0. The predicted molar refractivity (Wildman–Crippen MR) is 68.1 cm³/mol. The summed E-state index contributed by atoms with van der Waals surface area (Å²) in [6, 6.07) is 10.3. The molecule has 0 radical (unpaired) electrons. The van der Waals surface area contributed by atoms with E-state index < -0.39 is 5.60 Å². The minimum Gasteiger partial charge on any atom is -0.386 e. The van der Waals surface area contributed by atoms with E-state index in [1.54, 1.807) is 0 Å². The standard InChI is InChI=1S/C15H20O/c1-2-15(16)11-7-6-10-14(15)12-13-8-4-3-5-9-13/h3-5,8-9,12,16H,2,6-7,10-11H2,1H3/b14-12+. The van der Waals surface area contributed by atoms with Crippen LogP contribution in [0.5, 0.6) is 0 Å². The zero-order valence-corrected chi connectivity index (χ0v) is 9.95. The molecule has 0 bridgehead atoms. The maximum absolute atomic E-state index is 10.5. The van der Waals surface area contributed by atoms with Crippen LogP contribution in [0.1, 0.15) is 44.6 Å². The van der Waals surface area contributed by atoms with Crippen LogP contribution in [0.2, 0.25) is 0 Å². The molecule has 0 saturated heterocycles. The van der Waals surface area contributed by atoms with Crippen molar-refractivity contribution in [3.05, 3.63) is 41.5 Å². The predicted octanol–water partition coefficient (Wildman–Crippen LogP) is 3.79. The topological polar surface area (TPSA) is 20.2 Å². The van der Waals surface area contributed by atoms with Crippen LogP contribution in [0.25, 0.3) is 6.08 Å². The van der Waals surface area contributed by atoms with E-state index in [9.17, 15) is 5.11 Å². The summed E-state index contributed by atoms with van der Waals surface area (Å²) in [6.45, 7) is 2.07. The van der Waals surface area contributed by atoms with E-state index in [-0.39, 0.29) is 0 Å². The van der Waals surface area contributed by atoms with Gasteiger partial charge in [0.2, 0.25) is 0 Å². The lowest BCUT2D eigenvalue weighted by atomic mass is 9.78. The molecule has 1 aliphatic carbocycles. The fourth-order valence-corrected chi connectivity index (χ4v) is 2.49. The van der Waals surface area contributed by atoms with E-state index in [4.69, 9.17) is 0 Å². The molecule has 86 valence electrons. The summed E-state index contributed by atoms with van der Waals surface area (Å²) in [5, 5.41) is 10.5. The monoisotopic (exact) mass is 216 g/mol. The summed E-state index contributed by atoms with van der Waals surface area (Å²) in [7, 11) is 0. The molecule has 1 aliphatic rings. The van der Waals surface area contributed by atoms with Crippen molar-refractivity contribution < 1.29 is 5.11 Å². The first-order valence-electron chi connectivity index (χ1n) is 6.23. The second-order valence-electron chi connectivity index (χ2n) is 4.67. The van der Waals surface area contributed by atoms with Gasteiger partial charge in [0.25, 0.3) is 0 Å². The van der Waals surface area contributed by atoms with E-state index >= 15 is 0 Å². The summed E-state index contributed by atoms with van der Waals surface area (Å²) in [6.07, 6.45) is 7.31. The minimum atomic E-state index is -0.548. The molecule has 16 heavy (non-hydrogen) atoms. The first-order valence-corrected chi connectivity index (χ1v) is 6.23. The van der Waals surface area contributed by atoms with Crippen molar-refractivity contribution >= 4 is 6.08 Å². The fraction of sp³-hybridized carbons (Fsp3) is 0.467. The van der Waals surface area contributed by atoms with Crippen molar-refractivity contribution in [2.75, 3.05) is 0 Å². The second-order valence-corrected chi connectivity index (χ2v) is 4.67. The van der Waals surface area contributed by atoms with Crippen LogP contribution < -0.4 is 0 Å². The van der Waals surface area contributed by atoms with Gasteiger partial charge in [-0.25, -0.2) is 0 Å². The molecule has 1 nitrogen and oxygen atoms in total. The van der Waals surface area contributed by atoms with Crippen LogP contribution in [0.3, 0.4) is 0 Å². The number of benzene rings is 1. The van der Waals surface area contributed by atoms with E-state index in [0.717, 1.165) is 25.7 Å². The van der Waals surface area contributed by atoms with E-state index in [0.29, 0.717) is 0 Å². The average Bonchev–Trinajstić information content (AvgIpc) is 2.34. The average molecular weight is 216 g/mol. The molecule has 0 heterocycles. The molecule has 0 spiro atoms. The minimum absolute atomic E-state index is 0.548. The Morgan fingerprint density at radius 3 is 2.69 bits per heavy atom. The summed E-state index contributed by atoms with van der Waals surface area (Å²) in [5.74, 6) is 0. The number of aliphatic hydroxyl groups is 1. The maximum atomic E-state index is 10.5. The molecule has 1 atom stereocenters.